The largest absolute Gasteiger partial charge is 0.497 e. The van der Waals surface area contributed by atoms with Gasteiger partial charge in [-0.2, -0.15) is 0 Å². The van der Waals surface area contributed by atoms with Crippen molar-refractivity contribution in [2.75, 3.05) is 42.4 Å². The lowest BCUT2D eigenvalue weighted by Gasteiger charge is -2.24. The Morgan fingerprint density at radius 2 is 1.86 bits per heavy atom. The van der Waals surface area contributed by atoms with Crippen molar-refractivity contribution in [3.8, 4) is 11.5 Å². The van der Waals surface area contributed by atoms with Gasteiger partial charge in [0.2, 0.25) is 15.9 Å². The van der Waals surface area contributed by atoms with E-state index in [1.807, 2.05) is 25.1 Å². The Labute approximate surface area is 170 Å². The molecule has 0 unspecified atom stereocenters. The van der Waals surface area contributed by atoms with Crippen molar-refractivity contribution in [2.24, 2.45) is 0 Å². The Bertz CT molecular complexity index is 932. The van der Waals surface area contributed by atoms with Crippen molar-refractivity contribution < 1.29 is 22.7 Å². The Morgan fingerprint density at radius 3 is 2.46 bits per heavy atom. The standard InChI is InChI=1S/C19H24N2O5S2/c1-5-27-18-9-7-6-8-15(18)20-19(22)13-21(28(4,23)24)16-12-14(25-2)10-11-17(16)26-3/h6-12H,5,13H2,1-4H3,(H,20,22). The molecule has 0 aliphatic carbocycles. The molecule has 2 aromatic carbocycles. The number of benzene rings is 2. The minimum atomic E-state index is -3.75. The number of methoxy groups -OCH3 is 2. The highest BCUT2D eigenvalue weighted by Crippen LogP contribution is 2.34. The molecule has 1 N–H and O–H groups in total. The number of para-hydroxylation sites is 1. The van der Waals surface area contributed by atoms with Gasteiger partial charge in [0.15, 0.2) is 0 Å². The van der Waals surface area contributed by atoms with Crippen LogP contribution < -0.4 is 19.1 Å². The fourth-order valence-electron chi connectivity index (χ4n) is 2.54. The molecule has 0 atom stereocenters. The van der Waals surface area contributed by atoms with Crippen molar-refractivity contribution in [1.82, 2.24) is 0 Å². The van der Waals surface area contributed by atoms with Gasteiger partial charge in [0.25, 0.3) is 0 Å². The van der Waals surface area contributed by atoms with Crippen molar-refractivity contribution in [3.05, 3.63) is 42.5 Å². The van der Waals surface area contributed by atoms with Gasteiger partial charge in [-0.15, -0.1) is 11.8 Å². The summed E-state index contributed by atoms with van der Waals surface area (Å²) < 4.78 is 36.3. The highest BCUT2D eigenvalue weighted by Gasteiger charge is 2.25. The lowest BCUT2D eigenvalue weighted by atomic mass is 10.2. The zero-order valence-corrected chi connectivity index (χ0v) is 17.9. The summed E-state index contributed by atoms with van der Waals surface area (Å²) in [6.45, 7) is 1.62. The molecule has 2 aromatic rings. The van der Waals surface area contributed by atoms with E-state index >= 15 is 0 Å². The maximum absolute atomic E-state index is 12.7. The molecule has 152 valence electrons. The summed E-state index contributed by atoms with van der Waals surface area (Å²) >= 11 is 1.59. The number of nitrogens with zero attached hydrogens (tertiary/aromatic N) is 1. The van der Waals surface area contributed by atoms with Gasteiger partial charge in [-0.05, 0) is 30.0 Å². The molecule has 0 saturated carbocycles. The van der Waals surface area contributed by atoms with Crippen molar-refractivity contribution in [1.29, 1.82) is 0 Å². The summed E-state index contributed by atoms with van der Waals surface area (Å²) in [7, 11) is -0.839. The molecule has 0 fully saturated rings. The van der Waals surface area contributed by atoms with Crippen molar-refractivity contribution in [3.63, 3.8) is 0 Å². The number of carbonyl (C=O) groups is 1. The predicted octanol–water partition coefficient (Wildman–Crippen LogP) is 3.22. The molecule has 7 nitrogen and oxygen atoms in total. The molecule has 0 saturated heterocycles. The Balaban J connectivity index is 2.33. The number of sulfonamides is 1. The lowest BCUT2D eigenvalue weighted by Crippen LogP contribution is -2.37. The SMILES string of the molecule is CCSc1ccccc1NC(=O)CN(c1cc(OC)ccc1OC)S(C)(=O)=O. The first-order valence-electron chi connectivity index (χ1n) is 8.51. The maximum Gasteiger partial charge on any atom is 0.245 e. The monoisotopic (exact) mass is 424 g/mol. The van der Waals surface area contributed by atoms with Crippen LogP contribution in [0.25, 0.3) is 0 Å². The van der Waals surface area contributed by atoms with E-state index in [0.29, 0.717) is 17.2 Å². The summed E-state index contributed by atoms with van der Waals surface area (Å²) in [4.78, 5) is 13.6. The summed E-state index contributed by atoms with van der Waals surface area (Å²) in [5.41, 5.74) is 0.876. The highest BCUT2D eigenvalue weighted by molar-refractivity contribution is 7.99. The van der Waals surface area contributed by atoms with Crippen LogP contribution in [0.5, 0.6) is 11.5 Å². The Kier molecular flexibility index (Phi) is 7.59. The first kappa shape index (κ1) is 21.9. The van der Waals surface area contributed by atoms with Crippen LogP contribution >= 0.6 is 11.8 Å². The van der Waals surface area contributed by atoms with Crippen molar-refractivity contribution >= 4 is 39.1 Å². The van der Waals surface area contributed by atoms with E-state index in [2.05, 4.69) is 5.32 Å². The third-order valence-electron chi connectivity index (χ3n) is 3.80. The molecule has 28 heavy (non-hydrogen) atoms. The van der Waals surface area contributed by atoms with Gasteiger partial charge in [0, 0.05) is 11.0 Å². The molecule has 2 rings (SSSR count). The molecule has 9 heteroatoms. The second kappa shape index (κ2) is 9.70. The summed E-state index contributed by atoms with van der Waals surface area (Å²) in [6, 6.07) is 12.2. The quantitative estimate of drug-likeness (QED) is 0.622. The van der Waals surface area contributed by atoms with Crippen LogP contribution in [-0.4, -0.2) is 47.1 Å². The summed E-state index contributed by atoms with van der Waals surface area (Å²) in [5.74, 6) is 1.17. The molecule has 0 aromatic heterocycles. The molecular formula is C19H24N2O5S2. The number of amides is 1. The number of hydrogen-bond donors (Lipinski definition) is 1. The molecule has 0 radical (unpaired) electrons. The van der Waals surface area contributed by atoms with Crippen LogP contribution in [0.2, 0.25) is 0 Å². The maximum atomic E-state index is 12.7. The fraction of sp³-hybridized carbons (Fsp3) is 0.316. The van der Waals surface area contributed by atoms with Crippen LogP contribution in [0.3, 0.4) is 0 Å². The van der Waals surface area contributed by atoms with E-state index in [4.69, 9.17) is 9.47 Å². The predicted molar refractivity (Wildman–Crippen MR) is 113 cm³/mol. The molecule has 0 bridgehead atoms. The Morgan fingerprint density at radius 1 is 1.14 bits per heavy atom. The Hall–Kier alpha value is -2.39. The van der Waals surface area contributed by atoms with Gasteiger partial charge < -0.3 is 14.8 Å². The minimum absolute atomic E-state index is 0.232. The number of rotatable bonds is 9. The van der Waals surface area contributed by atoms with Crippen LogP contribution in [-0.2, 0) is 14.8 Å². The lowest BCUT2D eigenvalue weighted by molar-refractivity contribution is -0.114. The first-order valence-corrected chi connectivity index (χ1v) is 11.3. The average Bonchev–Trinajstić information content (AvgIpc) is 2.66. The highest BCUT2D eigenvalue weighted by atomic mass is 32.2. The molecule has 0 aliphatic heterocycles. The zero-order valence-electron chi connectivity index (χ0n) is 16.3. The van der Waals surface area contributed by atoms with Gasteiger partial charge >= 0.3 is 0 Å². The number of anilines is 2. The van der Waals surface area contributed by atoms with Gasteiger partial charge in [0.1, 0.15) is 18.0 Å². The topological polar surface area (TPSA) is 84.9 Å². The van der Waals surface area contributed by atoms with E-state index in [9.17, 15) is 13.2 Å². The fourth-order valence-corrected chi connectivity index (χ4v) is 4.16. The van der Waals surface area contributed by atoms with Crippen LogP contribution in [0.4, 0.5) is 11.4 Å². The molecule has 0 aliphatic rings. The minimum Gasteiger partial charge on any atom is -0.497 e. The average molecular weight is 425 g/mol. The molecular weight excluding hydrogens is 400 g/mol. The second-order valence-corrected chi connectivity index (χ2v) is 9.00. The van der Waals surface area contributed by atoms with Gasteiger partial charge in [0.05, 0.1) is 31.9 Å². The number of thioether (sulfide) groups is 1. The molecule has 1 amide bonds. The van der Waals surface area contributed by atoms with Crippen LogP contribution in [0, 0.1) is 0 Å². The molecule has 0 heterocycles. The van der Waals surface area contributed by atoms with E-state index < -0.39 is 22.5 Å². The zero-order chi connectivity index (χ0) is 20.7. The number of carbonyl (C=O) groups excluding carboxylic acids is 1. The first-order chi connectivity index (χ1) is 13.3. The third-order valence-corrected chi connectivity index (χ3v) is 5.89. The second-order valence-electron chi connectivity index (χ2n) is 5.78. The number of hydrogen-bond acceptors (Lipinski definition) is 6. The normalized spacial score (nSPS) is 11.0. The number of ether oxygens (including phenoxy) is 2. The van der Waals surface area contributed by atoms with Gasteiger partial charge in [-0.3, -0.25) is 9.10 Å². The summed E-state index contributed by atoms with van der Waals surface area (Å²) in [6.07, 6.45) is 1.04. The van der Waals surface area contributed by atoms with E-state index in [0.717, 1.165) is 21.2 Å². The van der Waals surface area contributed by atoms with Crippen LogP contribution in [0.15, 0.2) is 47.4 Å². The van der Waals surface area contributed by atoms with E-state index in [-0.39, 0.29) is 5.69 Å². The van der Waals surface area contributed by atoms with Gasteiger partial charge in [-0.25, -0.2) is 8.42 Å². The third kappa shape index (κ3) is 5.56. The van der Waals surface area contributed by atoms with E-state index in [1.165, 1.54) is 20.3 Å². The summed E-state index contributed by atoms with van der Waals surface area (Å²) in [5, 5.41) is 2.80. The smallest absolute Gasteiger partial charge is 0.245 e. The molecule has 0 spiro atoms. The van der Waals surface area contributed by atoms with E-state index in [1.54, 1.807) is 30.0 Å². The van der Waals surface area contributed by atoms with Crippen molar-refractivity contribution in [2.45, 2.75) is 11.8 Å². The van der Waals surface area contributed by atoms with Gasteiger partial charge in [-0.1, -0.05) is 19.1 Å². The number of nitrogens with one attached hydrogen (secondary N) is 1. The van der Waals surface area contributed by atoms with Crippen LogP contribution in [0.1, 0.15) is 6.92 Å².